The Morgan fingerprint density at radius 3 is 2.00 bits per heavy atom. The smallest absolute Gasteiger partial charge is 0.232 e. The zero-order valence-corrected chi connectivity index (χ0v) is 6.26. The first-order valence-corrected chi connectivity index (χ1v) is 3.00. The number of halogens is 1. The summed E-state index contributed by atoms with van der Waals surface area (Å²) in [4.78, 5) is 20.4. The third-order valence-electron chi connectivity index (χ3n) is 0.767. The Hall–Kier alpha value is 0.0600. The van der Waals surface area contributed by atoms with Gasteiger partial charge in [0.15, 0.2) is 5.52 Å². The third kappa shape index (κ3) is 2.39. The van der Waals surface area contributed by atoms with Crippen LogP contribution in [0.15, 0.2) is 0 Å². The lowest BCUT2D eigenvalue weighted by molar-refractivity contribution is -0.122. The second-order valence-corrected chi connectivity index (χ2v) is 2.37. The van der Waals surface area contributed by atoms with Crippen LogP contribution in [0.2, 0.25) is 0 Å². The first-order chi connectivity index (χ1) is 3.55. The lowest BCUT2D eigenvalue weighted by Gasteiger charge is -1.95. The molecule has 2 unspecified atom stereocenters. The van der Waals surface area contributed by atoms with Crippen LogP contribution in [-0.4, -0.2) is 10.8 Å². The maximum atomic E-state index is 10.2. The van der Waals surface area contributed by atoms with Gasteiger partial charge >= 0.3 is 0 Å². The quantitative estimate of drug-likeness (QED) is 0.333. The Morgan fingerprint density at radius 1 is 1.62 bits per heavy atom. The standard InChI is InChI=1S/C4H6ClO2P/c1-2(3(5)6)4(7)8/h2H,8H2,1H3. The van der Waals surface area contributed by atoms with Crippen LogP contribution in [-0.2, 0) is 9.59 Å². The minimum Gasteiger partial charge on any atom is -0.294 e. The summed E-state index contributed by atoms with van der Waals surface area (Å²) in [5.74, 6) is -0.679. The van der Waals surface area contributed by atoms with Crippen molar-refractivity contribution in [1.29, 1.82) is 0 Å². The van der Waals surface area contributed by atoms with Crippen molar-refractivity contribution in [3.63, 3.8) is 0 Å². The predicted molar refractivity (Wildman–Crippen MR) is 34.7 cm³/mol. The molecule has 0 aromatic heterocycles. The minimum atomic E-state index is -0.679. The first kappa shape index (κ1) is 8.06. The second kappa shape index (κ2) is 3.16. The Balaban J connectivity index is 3.83. The minimum absolute atomic E-state index is 0.273. The van der Waals surface area contributed by atoms with Gasteiger partial charge in [-0.25, -0.2) is 0 Å². The van der Waals surface area contributed by atoms with E-state index in [0.29, 0.717) is 0 Å². The van der Waals surface area contributed by atoms with E-state index < -0.39 is 11.2 Å². The van der Waals surface area contributed by atoms with Gasteiger partial charge in [0.25, 0.3) is 0 Å². The maximum absolute atomic E-state index is 10.2. The predicted octanol–water partition coefficient (Wildman–Crippen LogP) is 0.790. The molecular formula is C4H6ClO2P. The van der Waals surface area contributed by atoms with Crippen molar-refractivity contribution in [2.45, 2.75) is 6.92 Å². The van der Waals surface area contributed by atoms with Crippen LogP contribution in [0.3, 0.4) is 0 Å². The summed E-state index contributed by atoms with van der Waals surface area (Å²) in [6.45, 7) is 1.46. The topological polar surface area (TPSA) is 34.1 Å². The van der Waals surface area contributed by atoms with Crippen LogP contribution in [0, 0.1) is 5.92 Å². The van der Waals surface area contributed by atoms with Gasteiger partial charge in [-0.15, -0.1) is 0 Å². The fraction of sp³-hybridized carbons (Fsp3) is 0.500. The Labute approximate surface area is 54.8 Å². The summed E-state index contributed by atoms with van der Waals surface area (Å²) < 4.78 is 0. The molecule has 46 valence electrons. The molecule has 0 spiro atoms. The molecule has 0 rings (SSSR count). The number of carbonyl (C=O) groups is 2. The Kier molecular flexibility index (Phi) is 3.18. The van der Waals surface area contributed by atoms with Crippen molar-refractivity contribution in [1.82, 2.24) is 0 Å². The maximum Gasteiger partial charge on any atom is 0.232 e. The highest BCUT2D eigenvalue weighted by atomic mass is 35.5. The van der Waals surface area contributed by atoms with Crippen LogP contribution in [0.5, 0.6) is 0 Å². The van der Waals surface area contributed by atoms with E-state index in [4.69, 9.17) is 11.6 Å². The van der Waals surface area contributed by atoms with Gasteiger partial charge in [0.05, 0.1) is 5.92 Å². The zero-order chi connectivity index (χ0) is 6.73. The molecule has 8 heavy (non-hydrogen) atoms. The fourth-order valence-electron chi connectivity index (χ4n) is 0.112. The molecule has 2 atom stereocenters. The van der Waals surface area contributed by atoms with E-state index in [2.05, 4.69) is 0 Å². The molecular weight excluding hydrogens is 146 g/mol. The fourth-order valence-corrected chi connectivity index (χ4v) is 0.476. The van der Waals surface area contributed by atoms with Crippen molar-refractivity contribution >= 4 is 31.6 Å². The van der Waals surface area contributed by atoms with Crippen molar-refractivity contribution < 1.29 is 9.59 Å². The van der Waals surface area contributed by atoms with Crippen LogP contribution in [0.1, 0.15) is 6.92 Å². The number of hydrogen-bond donors (Lipinski definition) is 0. The van der Waals surface area contributed by atoms with E-state index in [0.717, 1.165) is 0 Å². The molecule has 0 aromatic rings. The van der Waals surface area contributed by atoms with Gasteiger partial charge in [-0.05, 0) is 18.5 Å². The number of carbonyl (C=O) groups excluding carboxylic acids is 2. The molecule has 0 radical (unpaired) electrons. The Morgan fingerprint density at radius 2 is 2.00 bits per heavy atom. The molecule has 4 heteroatoms. The highest BCUT2D eigenvalue weighted by Gasteiger charge is 2.13. The van der Waals surface area contributed by atoms with Gasteiger partial charge in [0.2, 0.25) is 5.24 Å². The SMILES string of the molecule is CC(C(=O)P)C(=O)Cl. The average molecular weight is 153 g/mol. The summed E-state index contributed by atoms with van der Waals surface area (Å²) in [5, 5.41) is -0.606. The highest BCUT2D eigenvalue weighted by Crippen LogP contribution is 2.05. The Bertz CT molecular complexity index is 109. The molecule has 0 N–H and O–H groups in total. The first-order valence-electron chi connectivity index (χ1n) is 2.04. The van der Waals surface area contributed by atoms with Crippen molar-refractivity contribution in [2.75, 3.05) is 0 Å². The number of rotatable bonds is 2. The van der Waals surface area contributed by atoms with Gasteiger partial charge < -0.3 is 0 Å². The second-order valence-electron chi connectivity index (χ2n) is 1.43. The summed E-state index contributed by atoms with van der Waals surface area (Å²) in [5.41, 5.74) is -0.273. The summed E-state index contributed by atoms with van der Waals surface area (Å²) in [6.07, 6.45) is 0. The monoisotopic (exact) mass is 152 g/mol. The largest absolute Gasteiger partial charge is 0.294 e. The average Bonchev–Trinajstić information content (AvgIpc) is 1.64. The molecule has 0 aliphatic heterocycles. The van der Waals surface area contributed by atoms with E-state index in [1.165, 1.54) is 6.92 Å². The lowest BCUT2D eigenvalue weighted by Crippen LogP contribution is -2.10. The summed E-state index contributed by atoms with van der Waals surface area (Å²) >= 11 is 4.95. The molecule has 0 aliphatic carbocycles. The van der Waals surface area contributed by atoms with Crippen molar-refractivity contribution in [3.8, 4) is 0 Å². The molecule has 0 heterocycles. The van der Waals surface area contributed by atoms with Gasteiger partial charge in [-0.2, -0.15) is 0 Å². The molecule has 0 saturated carbocycles. The summed E-state index contributed by atoms with van der Waals surface area (Å²) in [6, 6.07) is 0. The van der Waals surface area contributed by atoms with Gasteiger partial charge in [-0.1, -0.05) is 9.24 Å². The molecule has 0 fully saturated rings. The van der Waals surface area contributed by atoms with E-state index >= 15 is 0 Å². The summed E-state index contributed by atoms with van der Waals surface area (Å²) in [7, 11) is 1.90. The van der Waals surface area contributed by atoms with E-state index in [1.807, 2.05) is 9.24 Å². The third-order valence-corrected chi connectivity index (χ3v) is 1.59. The van der Waals surface area contributed by atoms with E-state index in [1.54, 1.807) is 0 Å². The number of hydrogen-bond acceptors (Lipinski definition) is 2. The molecule has 0 saturated heterocycles. The van der Waals surface area contributed by atoms with Gasteiger partial charge in [-0.3, -0.25) is 9.59 Å². The van der Waals surface area contributed by atoms with E-state index in [-0.39, 0.29) is 5.52 Å². The van der Waals surface area contributed by atoms with Gasteiger partial charge in [0, 0.05) is 0 Å². The van der Waals surface area contributed by atoms with E-state index in [9.17, 15) is 9.59 Å². The van der Waals surface area contributed by atoms with Crippen LogP contribution >= 0.6 is 20.8 Å². The molecule has 0 bridgehead atoms. The lowest BCUT2D eigenvalue weighted by atomic mass is 10.2. The molecule has 0 aliphatic rings. The normalized spacial score (nSPS) is 12.9. The zero-order valence-electron chi connectivity index (χ0n) is 4.35. The van der Waals surface area contributed by atoms with Gasteiger partial charge in [0.1, 0.15) is 0 Å². The van der Waals surface area contributed by atoms with Crippen LogP contribution in [0.4, 0.5) is 0 Å². The van der Waals surface area contributed by atoms with Crippen LogP contribution < -0.4 is 0 Å². The van der Waals surface area contributed by atoms with Crippen molar-refractivity contribution in [3.05, 3.63) is 0 Å². The van der Waals surface area contributed by atoms with Crippen LogP contribution in [0.25, 0.3) is 0 Å². The van der Waals surface area contributed by atoms with Crippen molar-refractivity contribution in [2.24, 2.45) is 5.92 Å². The molecule has 0 aromatic carbocycles. The molecule has 0 amide bonds. The molecule has 2 nitrogen and oxygen atoms in total. The highest BCUT2D eigenvalue weighted by molar-refractivity contribution is 7.40.